The van der Waals surface area contributed by atoms with Gasteiger partial charge in [-0.1, -0.05) is 25.3 Å². The lowest BCUT2D eigenvalue weighted by molar-refractivity contribution is 0.327. The van der Waals surface area contributed by atoms with Crippen LogP contribution in [-0.2, 0) is 6.54 Å². The number of aromatic nitrogens is 3. The minimum atomic E-state index is 0.290. The third kappa shape index (κ3) is 3.70. The standard InChI is InChI=1S/C17H24N4/c1-14(15-6-5-10-18-12-15)19-13-16-9-11-21(20-16)17-7-3-2-4-8-17/h5-6,9-12,14,17,19H,2-4,7-8,13H2,1H3/t14-/m0/s1. The van der Waals surface area contributed by atoms with Crippen LogP contribution in [0.25, 0.3) is 0 Å². The summed E-state index contributed by atoms with van der Waals surface area (Å²) in [5.74, 6) is 0. The Morgan fingerprint density at radius 3 is 2.90 bits per heavy atom. The van der Waals surface area contributed by atoms with E-state index in [0.29, 0.717) is 12.1 Å². The van der Waals surface area contributed by atoms with Crippen molar-refractivity contribution in [1.29, 1.82) is 0 Å². The van der Waals surface area contributed by atoms with Crippen LogP contribution < -0.4 is 5.32 Å². The first kappa shape index (κ1) is 14.3. The van der Waals surface area contributed by atoms with Gasteiger partial charge in [-0.3, -0.25) is 9.67 Å². The highest BCUT2D eigenvalue weighted by atomic mass is 15.3. The zero-order chi connectivity index (χ0) is 14.5. The van der Waals surface area contributed by atoms with Gasteiger partial charge in [-0.2, -0.15) is 5.10 Å². The van der Waals surface area contributed by atoms with Gasteiger partial charge in [0, 0.05) is 31.2 Å². The van der Waals surface area contributed by atoms with E-state index in [1.165, 1.54) is 37.7 Å². The first-order valence-corrected chi connectivity index (χ1v) is 8.00. The molecule has 2 aromatic heterocycles. The molecular weight excluding hydrogens is 260 g/mol. The van der Waals surface area contributed by atoms with Crippen molar-refractivity contribution in [2.24, 2.45) is 0 Å². The van der Waals surface area contributed by atoms with Crippen LogP contribution in [0.4, 0.5) is 0 Å². The van der Waals surface area contributed by atoms with Crippen LogP contribution in [-0.4, -0.2) is 14.8 Å². The van der Waals surface area contributed by atoms with Crippen LogP contribution in [0.1, 0.15) is 62.4 Å². The smallest absolute Gasteiger partial charge is 0.0762 e. The van der Waals surface area contributed by atoms with E-state index in [1.54, 1.807) is 0 Å². The molecule has 0 bridgehead atoms. The summed E-state index contributed by atoms with van der Waals surface area (Å²) in [5, 5.41) is 8.25. The number of nitrogens with zero attached hydrogens (tertiary/aromatic N) is 3. The highest BCUT2D eigenvalue weighted by Gasteiger charge is 2.16. The van der Waals surface area contributed by atoms with Crippen LogP contribution in [0.2, 0.25) is 0 Å². The topological polar surface area (TPSA) is 42.7 Å². The maximum Gasteiger partial charge on any atom is 0.0762 e. The predicted molar refractivity (Wildman–Crippen MR) is 83.8 cm³/mol. The van der Waals surface area contributed by atoms with Crippen molar-refractivity contribution in [3.05, 3.63) is 48.0 Å². The van der Waals surface area contributed by atoms with Crippen molar-refractivity contribution in [2.45, 2.75) is 57.7 Å². The largest absolute Gasteiger partial charge is 0.304 e. The fourth-order valence-electron chi connectivity index (χ4n) is 3.03. The maximum atomic E-state index is 4.74. The Kier molecular flexibility index (Phi) is 4.65. The van der Waals surface area contributed by atoms with E-state index in [9.17, 15) is 0 Å². The van der Waals surface area contributed by atoms with E-state index in [2.05, 4.69) is 40.2 Å². The molecule has 0 amide bonds. The van der Waals surface area contributed by atoms with Crippen LogP contribution in [0.5, 0.6) is 0 Å². The van der Waals surface area contributed by atoms with Crippen molar-refractivity contribution in [1.82, 2.24) is 20.1 Å². The molecule has 1 aliphatic carbocycles. The summed E-state index contributed by atoms with van der Waals surface area (Å²) in [6.45, 7) is 2.96. The molecule has 4 heteroatoms. The first-order valence-electron chi connectivity index (χ1n) is 8.00. The number of nitrogens with one attached hydrogen (secondary N) is 1. The van der Waals surface area contributed by atoms with Gasteiger partial charge in [-0.25, -0.2) is 0 Å². The number of rotatable bonds is 5. The summed E-state index contributed by atoms with van der Waals surface area (Å²) in [6, 6.07) is 7.12. The third-order valence-corrected chi connectivity index (χ3v) is 4.39. The molecule has 3 rings (SSSR count). The normalized spacial score (nSPS) is 17.8. The lowest BCUT2D eigenvalue weighted by atomic mass is 9.96. The lowest BCUT2D eigenvalue weighted by Gasteiger charge is -2.21. The zero-order valence-corrected chi connectivity index (χ0v) is 12.7. The highest BCUT2D eigenvalue weighted by Crippen LogP contribution is 2.27. The summed E-state index contributed by atoms with van der Waals surface area (Å²) in [6.07, 6.45) is 12.5. The molecule has 2 aromatic rings. The molecule has 0 aromatic carbocycles. The Bertz CT molecular complexity index is 543. The Balaban J connectivity index is 1.55. The lowest BCUT2D eigenvalue weighted by Crippen LogP contribution is -2.19. The van der Waals surface area contributed by atoms with Gasteiger partial charge in [0.15, 0.2) is 0 Å². The fourth-order valence-corrected chi connectivity index (χ4v) is 3.03. The van der Waals surface area contributed by atoms with E-state index in [-0.39, 0.29) is 0 Å². The second kappa shape index (κ2) is 6.85. The SMILES string of the molecule is C[C@H](NCc1ccn(C2CCCCC2)n1)c1cccnc1. The van der Waals surface area contributed by atoms with Crippen molar-refractivity contribution < 1.29 is 0 Å². The molecule has 0 unspecified atom stereocenters. The summed E-state index contributed by atoms with van der Waals surface area (Å²) in [5.41, 5.74) is 2.33. The van der Waals surface area contributed by atoms with E-state index >= 15 is 0 Å². The molecule has 0 radical (unpaired) electrons. The van der Waals surface area contributed by atoms with Crippen LogP contribution in [0.15, 0.2) is 36.8 Å². The number of hydrogen-bond donors (Lipinski definition) is 1. The number of hydrogen-bond acceptors (Lipinski definition) is 3. The second-order valence-corrected chi connectivity index (χ2v) is 5.97. The Hall–Kier alpha value is -1.68. The van der Waals surface area contributed by atoms with E-state index in [0.717, 1.165) is 12.2 Å². The molecule has 0 spiro atoms. The van der Waals surface area contributed by atoms with Crippen LogP contribution in [0, 0.1) is 0 Å². The first-order chi connectivity index (χ1) is 10.3. The van der Waals surface area contributed by atoms with Crippen LogP contribution in [0.3, 0.4) is 0 Å². The summed E-state index contributed by atoms with van der Waals surface area (Å²) in [7, 11) is 0. The summed E-state index contributed by atoms with van der Waals surface area (Å²) >= 11 is 0. The van der Waals surface area contributed by atoms with Crippen molar-refractivity contribution >= 4 is 0 Å². The average Bonchev–Trinajstić information content (AvgIpc) is 3.03. The minimum Gasteiger partial charge on any atom is -0.304 e. The van der Waals surface area contributed by atoms with Gasteiger partial charge < -0.3 is 5.32 Å². The Morgan fingerprint density at radius 1 is 1.29 bits per heavy atom. The van der Waals surface area contributed by atoms with Crippen molar-refractivity contribution in [3.8, 4) is 0 Å². The van der Waals surface area contributed by atoms with Gasteiger partial charge in [-0.15, -0.1) is 0 Å². The molecule has 1 fully saturated rings. The van der Waals surface area contributed by atoms with E-state index < -0.39 is 0 Å². The molecule has 4 nitrogen and oxygen atoms in total. The van der Waals surface area contributed by atoms with Gasteiger partial charge in [0.2, 0.25) is 0 Å². The van der Waals surface area contributed by atoms with Crippen LogP contribution >= 0.6 is 0 Å². The van der Waals surface area contributed by atoms with Gasteiger partial charge in [0.05, 0.1) is 11.7 Å². The molecule has 0 aliphatic heterocycles. The Morgan fingerprint density at radius 2 is 2.14 bits per heavy atom. The molecule has 1 saturated carbocycles. The highest BCUT2D eigenvalue weighted by molar-refractivity contribution is 5.13. The van der Waals surface area contributed by atoms with Gasteiger partial charge in [0.1, 0.15) is 0 Å². The van der Waals surface area contributed by atoms with Crippen molar-refractivity contribution in [3.63, 3.8) is 0 Å². The molecule has 1 N–H and O–H groups in total. The predicted octanol–water partition coefficient (Wildman–Crippen LogP) is 3.63. The summed E-state index contributed by atoms with van der Waals surface area (Å²) < 4.78 is 2.17. The monoisotopic (exact) mass is 284 g/mol. The van der Waals surface area contributed by atoms with Gasteiger partial charge >= 0.3 is 0 Å². The van der Waals surface area contributed by atoms with Gasteiger partial charge in [0.25, 0.3) is 0 Å². The minimum absolute atomic E-state index is 0.290. The van der Waals surface area contributed by atoms with Gasteiger partial charge in [-0.05, 0) is 37.5 Å². The summed E-state index contributed by atoms with van der Waals surface area (Å²) in [4.78, 5) is 4.17. The molecule has 21 heavy (non-hydrogen) atoms. The van der Waals surface area contributed by atoms with Crippen molar-refractivity contribution in [2.75, 3.05) is 0 Å². The molecule has 112 valence electrons. The fraction of sp³-hybridized carbons (Fsp3) is 0.529. The van der Waals surface area contributed by atoms with E-state index in [1.807, 2.05) is 18.5 Å². The Labute approximate surface area is 126 Å². The maximum absolute atomic E-state index is 4.74. The molecular formula is C17H24N4. The number of pyridine rings is 1. The zero-order valence-electron chi connectivity index (χ0n) is 12.7. The molecule has 1 atom stereocenters. The molecule has 0 saturated heterocycles. The molecule has 1 aliphatic rings. The second-order valence-electron chi connectivity index (χ2n) is 5.97. The quantitative estimate of drug-likeness (QED) is 0.911. The van der Waals surface area contributed by atoms with E-state index in [4.69, 9.17) is 5.10 Å². The third-order valence-electron chi connectivity index (χ3n) is 4.39. The molecule has 2 heterocycles. The average molecular weight is 284 g/mol.